The molecule has 2 aliphatic carbocycles. The van der Waals surface area contributed by atoms with Crippen LogP contribution < -0.4 is 10.1 Å². The molecule has 3 unspecified atom stereocenters. The lowest BCUT2D eigenvalue weighted by Crippen LogP contribution is -2.25. The van der Waals surface area contributed by atoms with Gasteiger partial charge in [-0.05, 0) is 43.2 Å². The number of fused-ring (bicyclic) bond motifs is 2. The van der Waals surface area contributed by atoms with Crippen LogP contribution in [0.3, 0.4) is 0 Å². The van der Waals surface area contributed by atoms with Crippen molar-refractivity contribution in [3.8, 4) is 5.75 Å². The van der Waals surface area contributed by atoms with E-state index in [0.717, 1.165) is 18.0 Å². The predicted molar refractivity (Wildman–Crippen MR) is 76.0 cm³/mol. The summed E-state index contributed by atoms with van der Waals surface area (Å²) in [7, 11) is 0. The molecule has 2 aliphatic rings. The number of hydrogen-bond acceptors (Lipinski definition) is 2. The summed E-state index contributed by atoms with van der Waals surface area (Å²) in [6.07, 6.45) is 5.03. The first-order valence-electron chi connectivity index (χ1n) is 6.73. The van der Waals surface area contributed by atoms with Crippen molar-refractivity contribution in [3.05, 3.63) is 22.2 Å². The third-order valence-corrected chi connectivity index (χ3v) is 4.86. The lowest BCUT2D eigenvalue weighted by Gasteiger charge is -2.24. The topological polar surface area (TPSA) is 21.3 Å². The summed E-state index contributed by atoms with van der Waals surface area (Å²) in [4.78, 5) is 0. The van der Waals surface area contributed by atoms with Crippen LogP contribution >= 0.6 is 23.2 Å². The number of anilines is 1. The molecule has 2 bridgehead atoms. The minimum Gasteiger partial charge on any atom is -0.432 e. The molecule has 0 aromatic heterocycles. The summed E-state index contributed by atoms with van der Waals surface area (Å²) in [6, 6.07) is 3.62. The highest BCUT2D eigenvalue weighted by molar-refractivity contribution is 6.37. The van der Waals surface area contributed by atoms with Crippen molar-refractivity contribution in [2.75, 3.05) is 5.32 Å². The summed E-state index contributed by atoms with van der Waals surface area (Å²) >= 11 is 11.9. The Balaban J connectivity index is 1.74. The van der Waals surface area contributed by atoms with Crippen molar-refractivity contribution in [1.29, 1.82) is 0 Å². The Labute approximate surface area is 126 Å². The van der Waals surface area contributed by atoms with Crippen molar-refractivity contribution in [3.63, 3.8) is 0 Å². The standard InChI is InChI=1S/C14H15Cl2F2NO/c15-10-5-9(6-11(16)13(10)20-14(17)18)19-12-4-7-1-2-8(12)3-7/h5-8,12,14,19H,1-4H2. The van der Waals surface area contributed by atoms with Crippen LogP contribution in [-0.2, 0) is 0 Å². The molecule has 0 spiro atoms. The maximum Gasteiger partial charge on any atom is 0.387 e. The van der Waals surface area contributed by atoms with E-state index in [4.69, 9.17) is 23.2 Å². The zero-order valence-electron chi connectivity index (χ0n) is 10.7. The molecule has 3 rings (SSSR count). The van der Waals surface area contributed by atoms with Crippen molar-refractivity contribution in [1.82, 2.24) is 0 Å². The van der Waals surface area contributed by atoms with E-state index >= 15 is 0 Å². The van der Waals surface area contributed by atoms with Gasteiger partial charge < -0.3 is 10.1 Å². The molecule has 0 aliphatic heterocycles. The second-order valence-corrected chi connectivity index (χ2v) is 6.39. The molecule has 2 nitrogen and oxygen atoms in total. The van der Waals surface area contributed by atoms with Crippen LogP contribution in [0.1, 0.15) is 25.7 Å². The molecule has 0 radical (unpaired) electrons. The molecular weight excluding hydrogens is 307 g/mol. The fourth-order valence-corrected chi connectivity index (χ4v) is 4.06. The van der Waals surface area contributed by atoms with Crippen LogP contribution in [0.15, 0.2) is 12.1 Å². The summed E-state index contributed by atoms with van der Waals surface area (Å²) in [5, 5.41) is 3.62. The Morgan fingerprint density at radius 3 is 2.35 bits per heavy atom. The number of nitrogens with one attached hydrogen (secondary N) is 1. The van der Waals surface area contributed by atoms with Crippen LogP contribution in [0.2, 0.25) is 10.0 Å². The van der Waals surface area contributed by atoms with Gasteiger partial charge in [-0.15, -0.1) is 0 Å². The van der Waals surface area contributed by atoms with E-state index in [9.17, 15) is 8.78 Å². The van der Waals surface area contributed by atoms with E-state index in [1.807, 2.05) is 0 Å². The first kappa shape index (κ1) is 14.2. The predicted octanol–water partition coefficient (Wildman–Crippen LogP) is 5.20. The molecule has 20 heavy (non-hydrogen) atoms. The van der Waals surface area contributed by atoms with Crippen LogP contribution in [0.4, 0.5) is 14.5 Å². The second kappa shape index (κ2) is 5.57. The Bertz CT molecular complexity index is 489. The average Bonchev–Trinajstić information content (AvgIpc) is 2.95. The van der Waals surface area contributed by atoms with Crippen LogP contribution in [-0.4, -0.2) is 12.7 Å². The van der Waals surface area contributed by atoms with Crippen LogP contribution in [0.25, 0.3) is 0 Å². The van der Waals surface area contributed by atoms with Gasteiger partial charge in [0.1, 0.15) is 0 Å². The van der Waals surface area contributed by atoms with Gasteiger partial charge in [0.05, 0.1) is 10.0 Å². The van der Waals surface area contributed by atoms with Gasteiger partial charge in [0.2, 0.25) is 0 Å². The smallest absolute Gasteiger partial charge is 0.387 e. The summed E-state index contributed by atoms with van der Waals surface area (Å²) in [5.74, 6) is 1.36. The highest BCUT2D eigenvalue weighted by Crippen LogP contribution is 2.46. The Morgan fingerprint density at radius 1 is 1.15 bits per heavy atom. The van der Waals surface area contributed by atoms with E-state index in [1.54, 1.807) is 12.1 Å². The van der Waals surface area contributed by atoms with E-state index in [1.165, 1.54) is 19.3 Å². The fourth-order valence-electron chi connectivity index (χ4n) is 3.48. The fraction of sp³-hybridized carbons (Fsp3) is 0.571. The minimum atomic E-state index is -2.94. The Hall–Kier alpha value is -0.740. The quantitative estimate of drug-likeness (QED) is 0.823. The number of ether oxygens (including phenoxy) is 1. The normalized spacial score (nSPS) is 28.1. The first-order chi connectivity index (χ1) is 9.52. The van der Waals surface area contributed by atoms with Crippen molar-refractivity contribution < 1.29 is 13.5 Å². The summed E-state index contributed by atoms with van der Waals surface area (Å²) in [5.41, 5.74) is 0.763. The number of rotatable bonds is 4. The van der Waals surface area contributed by atoms with Gasteiger partial charge in [-0.3, -0.25) is 0 Å². The number of hydrogen-bond donors (Lipinski definition) is 1. The van der Waals surface area contributed by atoms with Gasteiger partial charge in [0.15, 0.2) is 5.75 Å². The van der Waals surface area contributed by atoms with Gasteiger partial charge in [0.25, 0.3) is 0 Å². The average molecular weight is 322 g/mol. The molecule has 6 heteroatoms. The zero-order chi connectivity index (χ0) is 14.3. The monoisotopic (exact) mass is 321 g/mol. The number of benzene rings is 1. The summed E-state index contributed by atoms with van der Waals surface area (Å²) < 4.78 is 28.8. The van der Waals surface area contributed by atoms with Gasteiger partial charge in [-0.2, -0.15) is 8.78 Å². The SMILES string of the molecule is FC(F)Oc1c(Cl)cc(NC2CC3CCC2C3)cc1Cl. The molecule has 110 valence electrons. The first-order valence-corrected chi connectivity index (χ1v) is 7.49. The second-order valence-electron chi connectivity index (χ2n) is 5.57. The van der Waals surface area contributed by atoms with Crippen LogP contribution in [0.5, 0.6) is 5.75 Å². The molecule has 3 atom stereocenters. The van der Waals surface area contributed by atoms with E-state index < -0.39 is 6.61 Å². The molecule has 1 aromatic carbocycles. The summed E-state index contributed by atoms with van der Waals surface area (Å²) in [6.45, 7) is -2.94. The molecule has 0 heterocycles. The third-order valence-electron chi connectivity index (χ3n) is 4.30. The number of alkyl halides is 2. The van der Waals surface area contributed by atoms with Gasteiger partial charge in [0, 0.05) is 11.7 Å². The van der Waals surface area contributed by atoms with Gasteiger partial charge in [-0.1, -0.05) is 29.6 Å². The van der Waals surface area contributed by atoms with Crippen LogP contribution in [0, 0.1) is 11.8 Å². The van der Waals surface area contributed by atoms with Gasteiger partial charge in [-0.25, -0.2) is 0 Å². The zero-order valence-corrected chi connectivity index (χ0v) is 12.2. The molecule has 0 amide bonds. The van der Waals surface area contributed by atoms with Crippen molar-refractivity contribution in [2.24, 2.45) is 11.8 Å². The maximum atomic E-state index is 12.3. The highest BCUT2D eigenvalue weighted by Gasteiger charge is 2.39. The van der Waals surface area contributed by atoms with Crippen molar-refractivity contribution in [2.45, 2.75) is 38.3 Å². The molecule has 1 N–H and O–H groups in total. The highest BCUT2D eigenvalue weighted by atomic mass is 35.5. The number of halogens is 4. The van der Waals surface area contributed by atoms with Crippen molar-refractivity contribution >= 4 is 28.9 Å². The molecule has 0 saturated heterocycles. The Morgan fingerprint density at radius 2 is 1.85 bits per heavy atom. The van der Waals surface area contributed by atoms with E-state index in [2.05, 4.69) is 10.1 Å². The van der Waals surface area contributed by atoms with E-state index in [-0.39, 0.29) is 15.8 Å². The molecule has 1 aromatic rings. The maximum absolute atomic E-state index is 12.3. The largest absolute Gasteiger partial charge is 0.432 e. The molecule has 2 fully saturated rings. The van der Waals surface area contributed by atoms with Gasteiger partial charge >= 0.3 is 6.61 Å². The molecular formula is C14H15Cl2F2NO. The Kier molecular flexibility index (Phi) is 3.95. The third kappa shape index (κ3) is 2.82. The lowest BCUT2D eigenvalue weighted by atomic mass is 9.95. The lowest BCUT2D eigenvalue weighted by molar-refractivity contribution is -0.0497. The minimum absolute atomic E-state index is 0.100. The van der Waals surface area contributed by atoms with E-state index in [0.29, 0.717) is 12.0 Å². The molecule has 2 saturated carbocycles.